The average molecular weight is 403 g/mol. The lowest BCUT2D eigenvalue weighted by molar-refractivity contribution is -0.122. The van der Waals surface area contributed by atoms with E-state index in [1.165, 1.54) is 4.31 Å². The number of aryl methyl sites for hydroxylation is 1. The van der Waals surface area contributed by atoms with Gasteiger partial charge in [-0.25, -0.2) is 8.42 Å². The van der Waals surface area contributed by atoms with Crippen molar-refractivity contribution in [2.75, 3.05) is 12.8 Å². The molecule has 152 valence electrons. The summed E-state index contributed by atoms with van der Waals surface area (Å²) in [4.78, 5) is 12.7. The molecule has 0 spiro atoms. The van der Waals surface area contributed by atoms with E-state index >= 15 is 0 Å². The van der Waals surface area contributed by atoms with Crippen molar-refractivity contribution >= 4 is 15.9 Å². The Bertz CT molecular complexity index is 862. The maximum absolute atomic E-state index is 12.7. The Morgan fingerprint density at radius 2 is 1.64 bits per heavy atom. The first-order chi connectivity index (χ1) is 13.1. The molecule has 2 aromatic carbocycles. The zero-order chi connectivity index (χ0) is 20.7. The Balaban J connectivity index is 2.11. The van der Waals surface area contributed by atoms with Gasteiger partial charge in [0.05, 0.1) is 18.8 Å². The van der Waals surface area contributed by atoms with Crippen LogP contribution < -0.4 is 5.32 Å². The Hall–Kier alpha value is -2.18. The van der Waals surface area contributed by atoms with Crippen molar-refractivity contribution in [3.05, 3.63) is 71.3 Å². The van der Waals surface area contributed by atoms with Gasteiger partial charge in [-0.05, 0) is 30.4 Å². The van der Waals surface area contributed by atoms with Gasteiger partial charge in [-0.3, -0.25) is 4.79 Å². The molecule has 0 saturated carbocycles. The number of carbonyl (C=O) groups is 1. The largest absolute Gasteiger partial charge is 0.348 e. The number of nitrogens with one attached hydrogen (secondary N) is 1. The fourth-order valence-corrected chi connectivity index (χ4v) is 3.76. The molecule has 0 saturated heterocycles. The number of sulfonamides is 1. The highest BCUT2D eigenvalue weighted by atomic mass is 32.2. The van der Waals surface area contributed by atoms with Gasteiger partial charge in [-0.2, -0.15) is 4.31 Å². The molecule has 0 fully saturated rings. The summed E-state index contributed by atoms with van der Waals surface area (Å²) < 4.78 is 25.6. The van der Waals surface area contributed by atoms with Crippen molar-refractivity contribution in [1.29, 1.82) is 0 Å². The lowest BCUT2D eigenvalue weighted by Crippen LogP contribution is -2.41. The predicted octanol–water partition coefficient (Wildman–Crippen LogP) is 3.66. The van der Waals surface area contributed by atoms with Gasteiger partial charge in [0.2, 0.25) is 15.9 Å². The number of amides is 1. The standard InChI is InChI=1S/C22H30N2O3S/c1-17(2)14-21(20-8-6-5-7-9-20)23-22(25)16-24(28(4,26)27)15-19-12-10-18(3)11-13-19/h5-13,17,21H,14-16H2,1-4H3,(H,23,25)/t21-/m1/s1. The van der Waals surface area contributed by atoms with Crippen LogP contribution in [0.3, 0.4) is 0 Å². The Kier molecular flexibility index (Phi) is 7.78. The van der Waals surface area contributed by atoms with Gasteiger partial charge in [0, 0.05) is 6.54 Å². The van der Waals surface area contributed by atoms with Crippen LogP contribution in [0.2, 0.25) is 0 Å². The fourth-order valence-electron chi connectivity index (χ4n) is 3.02. The molecule has 5 nitrogen and oxygen atoms in total. The number of nitrogens with zero attached hydrogens (tertiary/aromatic N) is 1. The SMILES string of the molecule is Cc1ccc(CN(CC(=O)N[C@H](CC(C)C)c2ccccc2)S(C)(=O)=O)cc1. The molecule has 1 N–H and O–H groups in total. The molecule has 2 aromatic rings. The van der Waals surface area contributed by atoms with Crippen LogP contribution in [0, 0.1) is 12.8 Å². The highest BCUT2D eigenvalue weighted by molar-refractivity contribution is 7.88. The third-order valence-corrected chi connectivity index (χ3v) is 5.71. The van der Waals surface area contributed by atoms with E-state index in [0.717, 1.165) is 29.4 Å². The van der Waals surface area contributed by atoms with Crippen LogP contribution >= 0.6 is 0 Å². The van der Waals surface area contributed by atoms with E-state index in [1.54, 1.807) is 0 Å². The lowest BCUT2D eigenvalue weighted by Gasteiger charge is -2.24. The summed E-state index contributed by atoms with van der Waals surface area (Å²) in [6.07, 6.45) is 1.92. The summed E-state index contributed by atoms with van der Waals surface area (Å²) >= 11 is 0. The maximum Gasteiger partial charge on any atom is 0.235 e. The Morgan fingerprint density at radius 1 is 1.04 bits per heavy atom. The predicted molar refractivity (Wildman–Crippen MR) is 113 cm³/mol. The minimum Gasteiger partial charge on any atom is -0.348 e. The molecule has 0 bridgehead atoms. The zero-order valence-electron chi connectivity index (χ0n) is 17.1. The summed E-state index contributed by atoms with van der Waals surface area (Å²) in [6, 6.07) is 17.3. The molecule has 1 amide bonds. The van der Waals surface area contributed by atoms with Crippen LogP contribution in [0.4, 0.5) is 0 Å². The maximum atomic E-state index is 12.7. The first-order valence-electron chi connectivity index (χ1n) is 9.50. The summed E-state index contributed by atoms with van der Waals surface area (Å²) in [6.45, 7) is 6.15. The average Bonchev–Trinajstić information content (AvgIpc) is 2.62. The molecule has 0 aliphatic heterocycles. The first kappa shape index (κ1) is 22.1. The van der Waals surface area contributed by atoms with Crippen LogP contribution in [-0.4, -0.2) is 31.4 Å². The van der Waals surface area contributed by atoms with Crippen molar-refractivity contribution in [2.45, 2.75) is 39.8 Å². The molecule has 0 aliphatic rings. The number of hydrogen-bond donors (Lipinski definition) is 1. The van der Waals surface area contributed by atoms with Crippen LogP contribution in [0.5, 0.6) is 0 Å². The Morgan fingerprint density at radius 3 is 2.18 bits per heavy atom. The Labute approximate surface area is 168 Å². The van der Waals surface area contributed by atoms with Gasteiger partial charge < -0.3 is 5.32 Å². The molecule has 2 rings (SSSR count). The summed E-state index contributed by atoms with van der Waals surface area (Å²) in [5, 5.41) is 3.02. The van der Waals surface area contributed by atoms with Crippen LogP contribution in [0.1, 0.15) is 43.0 Å². The monoisotopic (exact) mass is 402 g/mol. The highest BCUT2D eigenvalue weighted by Gasteiger charge is 2.23. The topological polar surface area (TPSA) is 66.5 Å². The summed E-state index contributed by atoms with van der Waals surface area (Å²) in [5.41, 5.74) is 2.98. The van der Waals surface area contributed by atoms with Crippen molar-refractivity contribution in [1.82, 2.24) is 9.62 Å². The van der Waals surface area contributed by atoms with Gasteiger partial charge in [0.15, 0.2) is 0 Å². The normalized spacial score (nSPS) is 12.9. The van der Waals surface area contributed by atoms with Gasteiger partial charge >= 0.3 is 0 Å². The molecule has 0 heterocycles. The van der Waals surface area contributed by atoms with Gasteiger partial charge in [0.1, 0.15) is 0 Å². The van der Waals surface area contributed by atoms with Gasteiger partial charge in [-0.15, -0.1) is 0 Å². The van der Waals surface area contributed by atoms with Gasteiger partial charge in [0.25, 0.3) is 0 Å². The smallest absolute Gasteiger partial charge is 0.235 e. The number of carbonyl (C=O) groups excluding carboxylic acids is 1. The van der Waals surface area contributed by atoms with E-state index < -0.39 is 10.0 Å². The van der Waals surface area contributed by atoms with E-state index in [-0.39, 0.29) is 25.0 Å². The molecule has 0 unspecified atom stereocenters. The van der Waals surface area contributed by atoms with Crippen molar-refractivity contribution in [3.63, 3.8) is 0 Å². The molecular weight excluding hydrogens is 372 g/mol. The number of rotatable bonds is 9. The van der Waals surface area contributed by atoms with E-state index in [0.29, 0.717) is 5.92 Å². The molecule has 0 aliphatic carbocycles. The summed E-state index contributed by atoms with van der Waals surface area (Å²) in [5.74, 6) is 0.0936. The quantitative estimate of drug-likeness (QED) is 0.696. The third kappa shape index (κ3) is 7.09. The van der Waals surface area contributed by atoms with Crippen molar-refractivity contribution < 1.29 is 13.2 Å². The lowest BCUT2D eigenvalue weighted by atomic mass is 9.97. The second-order valence-corrected chi connectivity index (χ2v) is 9.66. The van der Waals surface area contributed by atoms with E-state index in [1.807, 2.05) is 61.5 Å². The molecule has 28 heavy (non-hydrogen) atoms. The minimum absolute atomic E-state index is 0.144. The molecule has 6 heteroatoms. The minimum atomic E-state index is -3.52. The second-order valence-electron chi connectivity index (χ2n) is 7.68. The zero-order valence-corrected chi connectivity index (χ0v) is 17.9. The first-order valence-corrected chi connectivity index (χ1v) is 11.3. The molecule has 1 atom stereocenters. The van der Waals surface area contributed by atoms with Crippen LogP contribution in [-0.2, 0) is 21.4 Å². The van der Waals surface area contributed by atoms with E-state index in [9.17, 15) is 13.2 Å². The van der Waals surface area contributed by atoms with Gasteiger partial charge in [-0.1, -0.05) is 74.0 Å². The van der Waals surface area contributed by atoms with Crippen molar-refractivity contribution in [3.8, 4) is 0 Å². The highest BCUT2D eigenvalue weighted by Crippen LogP contribution is 2.21. The number of hydrogen-bond acceptors (Lipinski definition) is 3. The molecule has 0 aromatic heterocycles. The third-order valence-electron chi connectivity index (χ3n) is 4.51. The van der Waals surface area contributed by atoms with Crippen molar-refractivity contribution in [2.24, 2.45) is 5.92 Å². The second kappa shape index (κ2) is 9.85. The fraction of sp³-hybridized carbons (Fsp3) is 0.409. The van der Waals surface area contributed by atoms with Crippen LogP contribution in [0.15, 0.2) is 54.6 Å². The molecule has 0 radical (unpaired) electrons. The van der Waals surface area contributed by atoms with E-state index in [4.69, 9.17) is 0 Å². The molecular formula is C22H30N2O3S. The number of benzene rings is 2. The van der Waals surface area contributed by atoms with E-state index in [2.05, 4.69) is 19.2 Å². The van der Waals surface area contributed by atoms with Crippen LogP contribution in [0.25, 0.3) is 0 Å². The summed E-state index contributed by atoms with van der Waals surface area (Å²) in [7, 11) is -3.52.